The second kappa shape index (κ2) is 5.87. The van der Waals surface area contributed by atoms with Gasteiger partial charge in [-0.1, -0.05) is 18.9 Å². The van der Waals surface area contributed by atoms with Crippen molar-refractivity contribution in [3.05, 3.63) is 23.8 Å². The van der Waals surface area contributed by atoms with Crippen LogP contribution in [0, 0.1) is 0 Å². The Balaban J connectivity index is 2.13. The van der Waals surface area contributed by atoms with Crippen LogP contribution in [0.4, 0.5) is 0 Å². The highest BCUT2D eigenvalue weighted by Crippen LogP contribution is 2.28. The summed E-state index contributed by atoms with van der Waals surface area (Å²) < 4.78 is 5.06. The second-order valence-corrected chi connectivity index (χ2v) is 4.69. The van der Waals surface area contributed by atoms with E-state index in [1.165, 1.54) is 20.0 Å². The molecule has 1 aromatic rings. The summed E-state index contributed by atoms with van der Waals surface area (Å²) in [6.45, 7) is 0. The Kier molecular flexibility index (Phi) is 4.20. The van der Waals surface area contributed by atoms with Crippen LogP contribution in [-0.4, -0.2) is 30.5 Å². The van der Waals surface area contributed by atoms with E-state index in [0.29, 0.717) is 11.3 Å². The van der Waals surface area contributed by atoms with Gasteiger partial charge in [-0.15, -0.1) is 0 Å². The molecule has 4 nitrogen and oxygen atoms in total. The van der Waals surface area contributed by atoms with Gasteiger partial charge in [0.25, 0.3) is 0 Å². The molecule has 1 aliphatic rings. The number of aromatic hydroxyl groups is 1. The molecule has 4 heteroatoms. The maximum Gasteiger partial charge on any atom is 0.166 e. The van der Waals surface area contributed by atoms with Gasteiger partial charge in [0.1, 0.15) is 0 Å². The van der Waals surface area contributed by atoms with Gasteiger partial charge in [0, 0.05) is 17.8 Å². The maximum absolute atomic E-state index is 9.94. The number of phenolic OH excluding ortho intramolecular Hbond substituents is 1. The minimum absolute atomic E-state index is 0.133. The van der Waals surface area contributed by atoms with Crippen molar-refractivity contribution in [3.8, 4) is 11.5 Å². The minimum Gasteiger partial charge on any atom is -0.504 e. The number of methoxy groups -OCH3 is 1. The van der Waals surface area contributed by atoms with Gasteiger partial charge in [-0.2, -0.15) is 0 Å². The molecule has 3 N–H and O–H groups in total. The number of hydrogen-bond donors (Lipinski definition) is 2. The minimum atomic E-state index is 0.133. The quantitative estimate of drug-likeness (QED) is 0.805. The standard InChI is InChI=1S/C14H20N2O2/c1-18-13-8-4-5-10(14(13)17)9-16-12-7-3-2-6-11(12)15/h4-5,8-9,11-12,17H,2-3,6-7,15H2,1H3/t11-,12-/m0/s1. The van der Waals surface area contributed by atoms with Gasteiger partial charge in [0.2, 0.25) is 0 Å². The van der Waals surface area contributed by atoms with Crippen molar-refractivity contribution >= 4 is 6.21 Å². The Morgan fingerprint density at radius 3 is 2.89 bits per heavy atom. The van der Waals surface area contributed by atoms with Gasteiger partial charge in [0.05, 0.1) is 13.2 Å². The Bertz CT molecular complexity index is 432. The molecular formula is C14H20N2O2. The average Bonchev–Trinajstić information content (AvgIpc) is 2.39. The van der Waals surface area contributed by atoms with Crippen LogP contribution >= 0.6 is 0 Å². The number of benzene rings is 1. The molecule has 0 radical (unpaired) electrons. The molecule has 0 aromatic heterocycles. The van der Waals surface area contributed by atoms with Gasteiger partial charge in [-0.05, 0) is 25.0 Å². The lowest BCUT2D eigenvalue weighted by Crippen LogP contribution is -2.36. The third-order valence-electron chi connectivity index (χ3n) is 3.44. The highest BCUT2D eigenvalue weighted by molar-refractivity contribution is 5.84. The molecule has 2 atom stereocenters. The molecular weight excluding hydrogens is 228 g/mol. The van der Waals surface area contributed by atoms with Crippen molar-refractivity contribution in [2.45, 2.75) is 37.8 Å². The van der Waals surface area contributed by atoms with Crippen LogP contribution in [0.15, 0.2) is 23.2 Å². The summed E-state index contributed by atoms with van der Waals surface area (Å²) in [6.07, 6.45) is 6.14. The fourth-order valence-corrected chi connectivity index (χ4v) is 2.31. The van der Waals surface area contributed by atoms with Crippen LogP contribution < -0.4 is 10.5 Å². The van der Waals surface area contributed by atoms with Gasteiger partial charge in [0.15, 0.2) is 11.5 Å². The number of para-hydroxylation sites is 1. The normalized spacial score (nSPS) is 24.3. The summed E-state index contributed by atoms with van der Waals surface area (Å²) in [7, 11) is 1.53. The first-order valence-corrected chi connectivity index (χ1v) is 6.37. The molecule has 2 rings (SSSR count). The topological polar surface area (TPSA) is 67.8 Å². The van der Waals surface area contributed by atoms with Crippen LogP contribution in [-0.2, 0) is 0 Å². The Labute approximate surface area is 107 Å². The zero-order valence-corrected chi connectivity index (χ0v) is 10.7. The van der Waals surface area contributed by atoms with E-state index in [2.05, 4.69) is 4.99 Å². The van der Waals surface area contributed by atoms with E-state index in [4.69, 9.17) is 10.5 Å². The molecule has 0 unspecified atom stereocenters. The van der Waals surface area contributed by atoms with E-state index in [9.17, 15) is 5.11 Å². The van der Waals surface area contributed by atoms with Crippen molar-refractivity contribution in [2.24, 2.45) is 10.7 Å². The first kappa shape index (κ1) is 12.9. The molecule has 0 bridgehead atoms. The number of nitrogens with two attached hydrogens (primary N) is 1. The highest BCUT2D eigenvalue weighted by atomic mass is 16.5. The molecule has 98 valence electrons. The molecule has 1 fully saturated rings. The Morgan fingerprint density at radius 1 is 1.39 bits per heavy atom. The highest BCUT2D eigenvalue weighted by Gasteiger charge is 2.20. The van der Waals surface area contributed by atoms with Crippen molar-refractivity contribution in [1.82, 2.24) is 0 Å². The zero-order chi connectivity index (χ0) is 13.0. The van der Waals surface area contributed by atoms with Crippen molar-refractivity contribution in [3.63, 3.8) is 0 Å². The maximum atomic E-state index is 9.94. The molecule has 1 aromatic carbocycles. The van der Waals surface area contributed by atoms with E-state index in [0.717, 1.165) is 12.8 Å². The predicted molar refractivity (Wildman–Crippen MR) is 72.5 cm³/mol. The van der Waals surface area contributed by atoms with Crippen LogP contribution in [0.3, 0.4) is 0 Å². The number of hydrogen-bond acceptors (Lipinski definition) is 4. The molecule has 1 saturated carbocycles. The van der Waals surface area contributed by atoms with Crippen LogP contribution in [0.25, 0.3) is 0 Å². The molecule has 18 heavy (non-hydrogen) atoms. The van der Waals surface area contributed by atoms with E-state index >= 15 is 0 Å². The number of ether oxygens (including phenoxy) is 1. The molecule has 1 aliphatic carbocycles. The van der Waals surface area contributed by atoms with E-state index in [1.54, 1.807) is 12.3 Å². The predicted octanol–water partition coefficient (Wildman–Crippen LogP) is 2.09. The van der Waals surface area contributed by atoms with Crippen molar-refractivity contribution in [1.29, 1.82) is 0 Å². The van der Waals surface area contributed by atoms with Gasteiger partial charge in [-0.25, -0.2) is 0 Å². The summed E-state index contributed by atoms with van der Waals surface area (Å²) in [5.74, 6) is 0.597. The van der Waals surface area contributed by atoms with Crippen LogP contribution in [0.2, 0.25) is 0 Å². The first-order valence-electron chi connectivity index (χ1n) is 6.37. The SMILES string of the molecule is COc1cccc(C=N[C@H]2CCCC[C@@H]2N)c1O. The lowest BCUT2D eigenvalue weighted by atomic mass is 9.91. The summed E-state index contributed by atoms with van der Waals surface area (Å²) in [5, 5.41) is 9.94. The lowest BCUT2D eigenvalue weighted by Gasteiger charge is -2.25. The summed E-state index contributed by atoms with van der Waals surface area (Å²) in [5.41, 5.74) is 6.71. The average molecular weight is 248 g/mol. The number of aliphatic imine (C=N–C) groups is 1. The largest absolute Gasteiger partial charge is 0.504 e. The van der Waals surface area contributed by atoms with E-state index < -0.39 is 0 Å². The van der Waals surface area contributed by atoms with Gasteiger partial charge in [-0.3, -0.25) is 4.99 Å². The number of phenols is 1. The molecule has 0 amide bonds. The van der Waals surface area contributed by atoms with Gasteiger partial charge < -0.3 is 15.6 Å². The molecule has 0 spiro atoms. The lowest BCUT2D eigenvalue weighted by molar-refractivity contribution is 0.372. The molecule has 0 aliphatic heterocycles. The summed E-state index contributed by atoms with van der Waals surface area (Å²) >= 11 is 0. The molecule has 0 saturated heterocycles. The van der Waals surface area contributed by atoms with E-state index in [-0.39, 0.29) is 17.8 Å². The monoisotopic (exact) mass is 248 g/mol. The van der Waals surface area contributed by atoms with E-state index in [1.807, 2.05) is 12.1 Å². The second-order valence-electron chi connectivity index (χ2n) is 4.69. The van der Waals surface area contributed by atoms with Crippen LogP contribution in [0.5, 0.6) is 11.5 Å². The number of rotatable bonds is 3. The first-order chi connectivity index (χ1) is 8.72. The third-order valence-corrected chi connectivity index (χ3v) is 3.44. The van der Waals surface area contributed by atoms with Crippen molar-refractivity contribution < 1.29 is 9.84 Å². The smallest absolute Gasteiger partial charge is 0.166 e. The Hall–Kier alpha value is -1.55. The Morgan fingerprint density at radius 2 is 2.17 bits per heavy atom. The zero-order valence-electron chi connectivity index (χ0n) is 10.7. The van der Waals surface area contributed by atoms with Crippen LogP contribution in [0.1, 0.15) is 31.2 Å². The summed E-state index contributed by atoms with van der Waals surface area (Å²) in [4.78, 5) is 4.51. The fraction of sp³-hybridized carbons (Fsp3) is 0.500. The van der Waals surface area contributed by atoms with Crippen molar-refractivity contribution in [2.75, 3.05) is 7.11 Å². The third kappa shape index (κ3) is 2.82. The molecule has 0 heterocycles. The number of nitrogens with zero attached hydrogens (tertiary/aromatic N) is 1. The fourth-order valence-electron chi connectivity index (χ4n) is 2.31. The summed E-state index contributed by atoms with van der Waals surface area (Å²) in [6, 6.07) is 5.68. The van der Waals surface area contributed by atoms with Gasteiger partial charge >= 0.3 is 0 Å².